The highest BCUT2D eigenvalue weighted by Gasteiger charge is 2.54. The van der Waals surface area contributed by atoms with Gasteiger partial charge in [0.05, 0.1) is 5.41 Å². The first-order chi connectivity index (χ1) is 8.78. The van der Waals surface area contributed by atoms with E-state index in [1.807, 2.05) is 18.2 Å². The SMILES string of the molecule is O=C(N(CCBr)C1CC1)C1(c2ccccc2)CC1. The monoisotopic (exact) mass is 307 g/mol. The molecular weight excluding hydrogens is 290 g/mol. The molecule has 3 rings (SSSR count). The normalized spacial score (nSPS) is 20.5. The summed E-state index contributed by atoms with van der Waals surface area (Å²) in [6.07, 6.45) is 4.40. The number of carbonyl (C=O) groups excluding carboxylic acids is 1. The van der Waals surface area contributed by atoms with Crippen LogP contribution < -0.4 is 0 Å². The fourth-order valence-electron chi connectivity index (χ4n) is 2.71. The summed E-state index contributed by atoms with van der Waals surface area (Å²) in [6, 6.07) is 10.8. The third-order valence-corrected chi connectivity index (χ3v) is 4.41. The van der Waals surface area contributed by atoms with Crippen molar-refractivity contribution in [2.24, 2.45) is 0 Å². The zero-order chi connectivity index (χ0) is 12.6. The van der Waals surface area contributed by atoms with E-state index in [0.717, 1.165) is 24.7 Å². The van der Waals surface area contributed by atoms with Gasteiger partial charge in [0.2, 0.25) is 5.91 Å². The van der Waals surface area contributed by atoms with Gasteiger partial charge in [0.1, 0.15) is 0 Å². The number of benzene rings is 1. The minimum absolute atomic E-state index is 0.188. The Hall–Kier alpha value is -0.830. The zero-order valence-corrected chi connectivity index (χ0v) is 12.0. The van der Waals surface area contributed by atoms with Crippen LogP contribution in [0.5, 0.6) is 0 Å². The Kier molecular flexibility index (Phi) is 3.18. The molecule has 2 fully saturated rings. The number of hydrogen-bond acceptors (Lipinski definition) is 1. The van der Waals surface area contributed by atoms with E-state index in [1.165, 1.54) is 18.4 Å². The lowest BCUT2D eigenvalue weighted by molar-refractivity contribution is -0.134. The predicted molar refractivity (Wildman–Crippen MR) is 75.9 cm³/mol. The highest BCUT2D eigenvalue weighted by Crippen LogP contribution is 2.50. The Bertz CT molecular complexity index is 437. The van der Waals surface area contributed by atoms with E-state index in [9.17, 15) is 4.79 Å². The van der Waals surface area contributed by atoms with Crippen LogP contribution >= 0.6 is 15.9 Å². The summed E-state index contributed by atoms with van der Waals surface area (Å²) >= 11 is 3.46. The molecule has 1 amide bonds. The summed E-state index contributed by atoms with van der Waals surface area (Å²) in [4.78, 5) is 14.9. The number of hydrogen-bond donors (Lipinski definition) is 0. The van der Waals surface area contributed by atoms with Crippen LogP contribution in [0.15, 0.2) is 30.3 Å². The Morgan fingerprint density at radius 2 is 1.94 bits per heavy atom. The zero-order valence-electron chi connectivity index (χ0n) is 10.4. The molecular formula is C15H18BrNO. The Balaban J connectivity index is 1.83. The number of carbonyl (C=O) groups is 1. The summed E-state index contributed by atoms with van der Waals surface area (Å²) in [5, 5.41) is 0.875. The van der Waals surface area contributed by atoms with Gasteiger partial charge in [-0.05, 0) is 31.2 Å². The molecule has 2 aliphatic carbocycles. The van der Waals surface area contributed by atoms with Crippen molar-refractivity contribution in [2.75, 3.05) is 11.9 Å². The summed E-state index contributed by atoms with van der Waals surface area (Å²) in [6.45, 7) is 0.845. The Morgan fingerprint density at radius 1 is 1.28 bits per heavy atom. The van der Waals surface area contributed by atoms with Gasteiger partial charge in [0.25, 0.3) is 0 Å². The number of nitrogens with zero attached hydrogens (tertiary/aromatic N) is 1. The molecule has 0 aliphatic heterocycles. The van der Waals surface area contributed by atoms with E-state index in [0.29, 0.717) is 11.9 Å². The summed E-state index contributed by atoms with van der Waals surface area (Å²) in [5.74, 6) is 0.357. The third kappa shape index (κ3) is 2.09. The standard InChI is InChI=1S/C15H18BrNO/c16-10-11-17(13-6-7-13)14(18)15(8-9-15)12-4-2-1-3-5-12/h1-5,13H,6-11H2. The largest absolute Gasteiger partial charge is 0.338 e. The molecule has 0 spiro atoms. The number of amides is 1. The molecule has 0 aromatic heterocycles. The fraction of sp³-hybridized carbons (Fsp3) is 0.533. The van der Waals surface area contributed by atoms with Crippen LogP contribution in [0, 0.1) is 0 Å². The molecule has 96 valence electrons. The van der Waals surface area contributed by atoms with E-state index < -0.39 is 0 Å². The van der Waals surface area contributed by atoms with Crippen molar-refractivity contribution in [3.63, 3.8) is 0 Å². The summed E-state index contributed by atoms with van der Waals surface area (Å²) in [5.41, 5.74) is 1.02. The van der Waals surface area contributed by atoms with Crippen LogP contribution in [0.3, 0.4) is 0 Å². The first kappa shape index (κ1) is 12.2. The molecule has 0 heterocycles. The van der Waals surface area contributed by atoms with Crippen LogP contribution in [0.25, 0.3) is 0 Å². The minimum Gasteiger partial charge on any atom is -0.338 e. The molecule has 18 heavy (non-hydrogen) atoms. The predicted octanol–water partition coefficient (Wildman–Crippen LogP) is 3.10. The van der Waals surface area contributed by atoms with Gasteiger partial charge in [-0.2, -0.15) is 0 Å². The van der Waals surface area contributed by atoms with Gasteiger partial charge in [-0.3, -0.25) is 4.79 Å². The molecule has 0 bridgehead atoms. The molecule has 1 aromatic rings. The van der Waals surface area contributed by atoms with E-state index in [-0.39, 0.29) is 5.41 Å². The molecule has 0 N–H and O–H groups in total. The second-order valence-corrected chi connectivity index (χ2v) is 6.16. The summed E-state index contributed by atoms with van der Waals surface area (Å²) < 4.78 is 0. The Labute approximate surface area is 116 Å². The molecule has 2 nitrogen and oxygen atoms in total. The smallest absolute Gasteiger partial charge is 0.233 e. The minimum atomic E-state index is -0.188. The van der Waals surface area contributed by atoms with Crippen molar-refractivity contribution in [2.45, 2.75) is 37.1 Å². The number of alkyl halides is 1. The van der Waals surface area contributed by atoms with Crippen LogP contribution in [0.2, 0.25) is 0 Å². The highest BCUT2D eigenvalue weighted by molar-refractivity contribution is 9.09. The number of rotatable bonds is 5. The van der Waals surface area contributed by atoms with Gasteiger partial charge < -0.3 is 4.90 Å². The molecule has 0 radical (unpaired) electrons. The second kappa shape index (κ2) is 4.69. The quantitative estimate of drug-likeness (QED) is 0.766. The molecule has 2 saturated carbocycles. The van der Waals surface area contributed by atoms with E-state index in [2.05, 4.69) is 33.0 Å². The second-order valence-electron chi connectivity index (χ2n) is 5.37. The molecule has 2 aliphatic rings. The fourth-order valence-corrected chi connectivity index (χ4v) is 3.09. The average Bonchev–Trinajstić information content (AvgIpc) is 3.30. The molecule has 1 aromatic carbocycles. The lowest BCUT2D eigenvalue weighted by atomic mass is 9.94. The van der Waals surface area contributed by atoms with Crippen molar-refractivity contribution < 1.29 is 4.79 Å². The Morgan fingerprint density at radius 3 is 2.44 bits per heavy atom. The average molecular weight is 308 g/mol. The molecule has 0 saturated heterocycles. The molecule has 3 heteroatoms. The van der Waals surface area contributed by atoms with Crippen LogP contribution in [0.4, 0.5) is 0 Å². The topological polar surface area (TPSA) is 20.3 Å². The lowest BCUT2D eigenvalue weighted by Crippen LogP contribution is -2.41. The van der Waals surface area contributed by atoms with Gasteiger partial charge in [-0.15, -0.1) is 0 Å². The van der Waals surface area contributed by atoms with Gasteiger partial charge in [-0.25, -0.2) is 0 Å². The highest BCUT2D eigenvalue weighted by atomic mass is 79.9. The maximum Gasteiger partial charge on any atom is 0.233 e. The molecule has 0 unspecified atom stereocenters. The van der Waals surface area contributed by atoms with Gasteiger partial charge in [-0.1, -0.05) is 46.3 Å². The number of halogens is 1. The van der Waals surface area contributed by atoms with Crippen molar-refractivity contribution >= 4 is 21.8 Å². The van der Waals surface area contributed by atoms with Crippen molar-refractivity contribution in [3.05, 3.63) is 35.9 Å². The first-order valence-corrected chi connectivity index (χ1v) is 7.83. The van der Waals surface area contributed by atoms with Crippen molar-refractivity contribution in [3.8, 4) is 0 Å². The molecule has 0 atom stereocenters. The van der Waals surface area contributed by atoms with Crippen molar-refractivity contribution in [1.29, 1.82) is 0 Å². The summed E-state index contributed by atoms with van der Waals surface area (Å²) in [7, 11) is 0. The first-order valence-electron chi connectivity index (χ1n) is 6.70. The van der Waals surface area contributed by atoms with Crippen molar-refractivity contribution in [1.82, 2.24) is 4.90 Å². The maximum atomic E-state index is 12.8. The maximum absolute atomic E-state index is 12.8. The van der Waals surface area contributed by atoms with Crippen LogP contribution in [-0.4, -0.2) is 28.7 Å². The van der Waals surface area contributed by atoms with Crippen LogP contribution in [-0.2, 0) is 10.2 Å². The van der Waals surface area contributed by atoms with E-state index in [1.54, 1.807) is 0 Å². The lowest BCUT2D eigenvalue weighted by Gasteiger charge is -2.27. The third-order valence-electron chi connectivity index (χ3n) is 4.06. The van der Waals surface area contributed by atoms with Gasteiger partial charge >= 0.3 is 0 Å². The van der Waals surface area contributed by atoms with E-state index in [4.69, 9.17) is 0 Å². The van der Waals surface area contributed by atoms with E-state index >= 15 is 0 Å². The van der Waals surface area contributed by atoms with Gasteiger partial charge in [0, 0.05) is 17.9 Å². The van der Waals surface area contributed by atoms with Crippen LogP contribution in [0.1, 0.15) is 31.2 Å². The van der Waals surface area contributed by atoms with Gasteiger partial charge in [0.15, 0.2) is 0 Å².